The van der Waals surface area contributed by atoms with Crippen LogP contribution in [0.2, 0.25) is 0 Å². The zero-order valence-electron chi connectivity index (χ0n) is 18.1. The lowest BCUT2D eigenvalue weighted by atomic mass is 10.0. The van der Waals surface area contributed by atoms with Gasteiger partial charge in [0.2, 0.25) is 0 Å². The number of rotatable bonds is 5. The first-order valence-corrected chi connectivity index (χ1v) is 10.2. The third kappa shape index (κ3) is 3.79. The number of carbonyl (C=O) groups is 1. The van der Waals surface area contributed by atoms with E-state index in [4.69, 9.17) is 19.4 Å². The predicted molar refractivity (Wildman–Crippen MR) is 123 cm³/mol. The molecule has 0 fully saturated rings. The van der Waals surface area contributed by atoms with Gasteiger partial charge >= 0.3 is 0 Å². The maximum atomic E-state index is 13.7. The second kappa shape index (κ2) is 8.63. The van der Waals surface area contributed by atoms with Crippen LogP contribution in [0.5, 0.6) is 11.5 Å². The molecule has 0 bridgehead atoms. The fourth-order valence-corrected chi connectivity index (χ4v) is 3.92. The van der Waals surface area contributed by atoms with E-state index in [0.717, 1.165) is 29.6 Å². The van der Waals surface area contributed by atoms with Crippen molar-refractivity contribution >= 4 is 28.6 Å². The maximum absolute atomic E-state index is 13.7. The van der Waals surface area contributed by atoms with E-state index < -0.39 is 0 Å². The van der Waals surface area contributed by atoms with Crippen molar-refractivity contribution in [2.45, 2.75) is 12.8 Å². The summed E-state index contributed by atoms with van der Waals surface area (Å²) in [5, 5.41) is 0. The molecule has 1 amide bonds. The van der Waals surface area contributed by atoms with Crippen molar-refractivity contribution in [3.05, 3.63) is 60.2 Å². The molecular formula is C24H26N4O3. The maximum Gasteiger partial charge on any atom is 0.259 e. The number of ether oxygens (including phenoxy) is 2. The topological polar surface area (TPSA) is 67.8 Å². The van der Waals surface area contributed by atoms with Crippen molar-refractivity contribution in [3.63, 3.8) is 0 Å². The summed E-state index contributed by atoms with van der Waals surface area (Å²) in [4.78, 5) is 27.1. The Morgan fingerprint density at radius 1 is 1.10 bits per heavy atom. The van der Waals surface area contributed by atoms with Crippen LogP contribution in [0.4, 0.5) is 11.6 Å². The Bertz CT molecular complexity index is 1150. The van der Waals surface area contributed by atoms with Crippen LogP contribution < -0.4 is 19.3 Å². The van der Waals surface area contributed by atoms with Gasteiger partial charge < -0.3 is 14.4 Å². The van der Waals surface area contributed by atoms with E-state index in [0.29, 0.717) is 41.7 Å². The first-order chi connectivity index (χ1) is 15.1. The van der Waals surface area contributed by atoms with E-state index in [1.807, 2.05) is 37.4 Å². The molecule has 1 aromatic heterocycles. The smallest absolute Gasteiger partial charge is 0.259 e. The number of anilines is 2. The molecule has 0 aliphatic carbocycles. The first-order valence-electron chi connectivity index (χ1n) is 10.2. The van der Waals surface area contributed by atoms with E-state index in [-0.39, 0.29) is 5.91 Å². The van der Waals surface area contributed by atoms with Gasteiger partial charge in [-0.2, -0.15) is 0 Å². The Morgan fingerprint density at radius 2 is 1.81 bits per heavy atom. The van der Waals surface area contributed by atoms with Crippen molar-refractivity contribution in [2.75, 3.05) is 44.2 Å². The predicted octanol–water partition coefficient (Wildman–Crippen LogP) is 3.86. The van der Waals surface area contributed by atoms with Gasteiger partial charge in [0.25, 0.3) is 5.91 Å². The Balaban J connectivity index is 1.84. The van der Waals surface area contributed by atoms with Gasteiger partial charge in [-0.25, -0.2) is 9.97 Å². The zero-order chi connectivity index (χ0) is 22.0. The molecule has 0 atom stereocenters. The van der Waals surface area contributed by atoms with Crippen LogP contribution in [0.3, 0.4) is 0 Å². The minimum atomic E-state index is -0.146. The third-order valence-electron chi connectivity index (χ3n) is 5.44. The summed E-state index contributed by atoms with van der Waals surface area (Å²) in [7, 11) is 5.14. The van der Waals surface area contributed by atoms with Crippen LogP contribution in [-0.2, 0) is 6.42 Å². The van der Waals surface area contributed by atoms with E-state index >= 15 is 0 Å². The van der Waals surface area contributed by atoms with Gasteiger partial charge in [0.05, 0.1) is 25.3 Å². The highest BCUT2D eigenvalue weighted by Gasteiger charge is 2.28. The molecule has 1 aliphatic rings. The van der Waals surface area contributed by atoms with Crippen molar-refractivity contribution in [1.29, 1.82) is 0 Å². The molecular weight excluding hydrogens is 392 g/mol. The van der Waals surface area contributed by atoms with Gasteiger partial charge in [0, 0.05) is 31.3 Å². The summed E-state index contributed by atoms with van der Waals surface area (Å²) in [6, 6.07) is 11.3. The van der Waals surface area contributed by atoms with E-state index in [2.05, 4.69) is 11.5 Å². The van der Waals surface area contributed by atoms with Crippen LogP contribution in [0.1, 0.15) is 22.3 Å². The van der Waals surface area contributed by atoms with Crippen molar-refractivity contribution in [1.82, 2.24) is 9.97 Å². The monoisotopic (exact) mass is 418 g/mol. The lowest BCUT2D eigenvalue weighted by molar-refractivity contribution is 0.0986. The summed E-state index contributed by atoms with van der Waals surface area (Å²) in [5.41, 5.74) is 2.92. The largest absolute Gasteiger partial charge is 0.493 e. The van der Waals surface area contributed by atoms with E-state index in [1.165, 1.54) is 0 Å². The number of carbonyl (C=O) groups excluding carboxylic acids is 1. The number of hydrogen-bond acceptors (Lipinski definition) is 6. The van der Waals surface area contributed by atoms with E-state index in [1.54, 1.807) is 31.3 Å². The van der Waals surface area contributed by atoms with Gasteiger partial charge in [-0.15, -0.1) is 6.58 Å². The standard InChI is InChI=1S/C24H26N4O3/c1-5-9-16-14-17(15-20(30-3)21(16)31-4)24(29)28-13-8-12-27(2)22-23(28)26-19-11-7-6-10-18(19)25-22/h5-7,10-11,14-15H,1,8-9,12-13H2,2-4H3. The molecule has 0 radical (unpaired) electrons. The van der Waals surface area contributed by atoms with E-state index in [9.17, 15) is 4.79 Å². The number of methoxy groups -OCH3 is 2. The van der Waals surface area contributed by atoms with Crippen LogP contribution >= 0.6 is 0 Å². The molecule has 1 aliphatic heterocycles. The minimum absolute atomic E-state index is 0.146. The molecule has 0 saturated heterocycles. The van der Waals surface area contributed by atoms with Crippen LogP contribution in [0, 0.1) is 0 Å². The number of aromatic nitrogens is 2. The highest BCUT2D eigenvalue weighted by atomic mass is 16.5. The van der Waals surface area contributed by atoms with Gasteiger partial charge in [0.15, 0.2) is 23.1 Å². The third-order valence-corrected chi connectivity index (χ3v) is 5.44. The summed E-state index contributed by atoms with van der Waals surface area (Å²) < 4.78 is 11.0. The number of hydrogen-bond donors (Lipinski definition) is 0. The Kier molecular flexibility index (Phi) is 5.75. The summed E-state index contributed by atoms with van der Waals surface area (Å²) >= 11 is 0. The molecule has 7 heteroatoms. The lowest BCUT2D eigenvalue weighted by Gasteiger charge is -2.23. The molecule has 2 heterocycles. The normalized spacial score (nSPS) is 13.5. The molecule has 160 valence electrons. The quantitative estimate of drug-likeness (QED) is 0.586. The summed E-state index contributed by atoms with van der Waals surface area (Å²) in [6.07, 6.45) is 3.15. The SMILES string of the molecule is C=CCc1cc(C(=O)N2CCCN(C)c3nc4ccccc4nc32)cc(OC)c1OC. The molecule has 3 aromatic rings. The second-order valence-corrected chi connectivity index (χ2v) is 7.46. The van der Waals surface area contributed by atoms with Crippen molar-refractivity contribution < 1.29 is 14.3 Å². The fourth-order valence-electron chi connectivity index (χ4n) is 3.92. The molecule has 2 aromatic carbocycles. The minimum Gasteiger partial charge on any atom is -0.493 e. The number of allylic oxidation sites excluding steroid dienone is 1. The van der Waals surface area contributed by atoms with Crippen LogP contribution in [0.15, 0.2) is 49.1 Å². The molecule has 0 N–H and O–H groups in total. The van der Waals surface area contributed by atoms with Gasteiger partial charge in [-0.1, -0.05) is 18.2 Å². The van der Waals surface area contributed by atoms with Gasteiger partial charge in [0.1, 0.15) is 0 Å². The highest BCUT2D eigenvalue weighted by Crippen LogP contribution is 2.35. The molecule has 7 nitrogen and oxygen atoms in total. The average Bonchev–Trinajstić information content (AvgIpc) is 2.95. The number of amides is 1. The Morgan fingerprint density at radius 3 is 2.45 bits per heavy atom. The number of fused-ring (bicyclic) bond motifs is 2. The molecule has 0 spiro atoms. The first kappa shape index (κ1) is 20.7. The van der Waals surface area contributed by atoms with Crippen LogP contribution in [-0.4, -0.2) is 50.2 Å². The van der Waals surface area contributed by atoms with Gasteiger partial charge in [-0.3, -0.25) is 9.69 Å². The number of nitrogens with zero attached hydrogens (tertiary/aromatic N) is 4. The number of benzene rings is 2. The zero-order valence-corrected chi connectivity index (χ0v) is 18.1. The molecule has 0 saturated carbocycles. The molecule has 31 heavy (non-hydrogen) atoms. The van der Waals surface area contributed by atoms with Crippen LogP contribution in [0.25, 0.3) is 11.0 Å². The fraction of sp³-hybridized carbons (Fsp3) is 0.292. The highest BCUT2D eigenvalue weighted by molar-refractivity contribution is 6.08. The molecule has 4 rings (SSSR count). The Labute approximate surface area is 181 Å². The number of para-hydroxylation sites is 2. The molecule has 0 unspecified atom stereocenters. The van der Waals surface area contributed by atoms with Crippen molar-refractivity contribution in [2.24, 2.45) is 0 Å². The Hall–Kier alpha value is -3.61. The second-order valence-electron chi connectivity index (χ2n) is 7.46. The summed E-state index contributed by atoms with van der Waals surface area (Å²) in [5.74, 6) is 2.26. The van der Waals surface area contributed by atoms with Gasteiger partial charge in [-0.05, 0) is 37.1 Å². The average molecular weight is 418 g/mol. The lowest BCUT2D eigenvalue weighted by Crippen LogP contribution is -2.32. The summed E-state index contributed by atoms with van der Waals surface area (Å²) in [6.45, 7) is 5.15. The van der Waals surface area contributed by atoms with Crippen molar-refractivity contribution in [3.8, 4) is 11.5 Å².